The first kappa shape index (κ1) is 14.9. The van der Waals surface area contributed by atoms with Crippen molar-refractivity contribution in [3.8, 4) is 5.88 Å². The third-order valence-corrected chi connectivity index (χ3v) is 6.53. The maximum Gasteiger partial charge on any atom is 0.246 e. The van der Waals surface area contributed by atoms with Gasteiger partial charge in [-0.2, -0.15) is 8.68 Å². The number of rotatable bonds is 4. The first-order valence-electron chi connectivity index (χ1n) is 6.26. The quantitative estimate of drug-likeness (QED) is 0.800. The number of sulfonamides is 1. The van der Waals surface area contributed by atoms with E-state index in [1.807, 2.05) is 0 Å². The van der Waals surface area contributed by atoms with E-state index in [-0.39, 0.29) is 11.0 Å². The van der Waals surface area contributed by atoms with Gasteiger partial charge in [0.15, 0.2) is 0 Å². The molecule has 1 unspecified atom stereocenters. The van der Waals surface area contributed by atoms with Crippen LogP contribution >= 0.6 is 27.7 Å². The number of hydrogen-bond acceptors (Lipinski definition) is 6. The van der Waals surface area contributed by atoms with Crippen LogP contribution in [0.15, 0.2) is 39.8 Å². The van der Waals surface area contributed by atoms with E-state index in [2.05, 4.69) is 24.7 Å². The van der Waals surface area contributed by atoms with Gasteiger partial charge in [0, 0.05) is 11.0 Å². The molecule has 0 spiro atoms. The highest BCUT2D eigenvalue weighted by Crippen LogP contribution is 2.28. The summed E-state index contributed by atoms with van der Waals surface area (Å²) < 4.78 is 40.7. The zero-order valence-corrected chi connectivity index (χ0v) is 14.1. The van der Waals surface area contributed by atoms with E-state index in [9.17, 15) is 8.42 Å². The highest BCUT2D eigenvalue weighted by Gasteiger charge is 2.34. The van der Waals surface area contributed by atoms with Gasteiger partial charge in [-0.05, 0) is 34.5 Å². The number of nitrogens with zero attached hydrogens (tertiary/aromatic N) is 3. The number of benzene rings is 1. The van der Waals surface area contributed by atoms with Gasteiger partial charge in [-0.15, -0.1) is 4.37 Å². The summed E-state index contributed by atoms with van der Waals surface area (Å²) in [7, 11) is -3.51. The standard InChI is InChI=1S/C12H12BrN3O3S2/c13-10-3-1-2-4-11(10)21(17,18)16-6-5-9(8-16)19-12-7-14-20-15-12/h1-4,7,9H,5-6,8H2. The number of aromatic nitrogens is 2. The molecule has 1 aliphatic rings. The van der Waals surface area contributed by atoms with Crippen molar-refractivity contribution in [2.75, 3.05) is 13.1 Å². The molecule has 0 radical (unpaired) electrons. The fraction of sp³-hybridized carbons (Fsp3) is 0.333. The smallest absolute Gasteiger partial charge is 0.246 e. The summed E-state index contributed by atoms with van der Waals surface area (Å²) in [5, 5.41) is 0. The largest absolute Gasteiger partial charge is 0.471 e. The summed E-state index contributed by atoms with van der Waals surface area (Å²) in [6.45, 7) is 0.757. The second kappa shape index (κ2) is 5.99. The Hall–Kier alpha value is -1.03. The second-order valence-electron chi connectivity index (χ2n) is 4.57. The van der Waals surface area contributed by atoms with Crippen LogP contribution in [0.4, 0.5) is 0 Å². The van der Waals surface area contributed by atoms with E-state index in [1.165, 1.54) is 10.5 Å². The average molecular weight is 390 g/mol. The minimum Gasteiger partial charge on any atom is -0.471 e. The Bertz CT molecular complexity index is 721. The number of hydrogen-bond donors (Lipinski definition) is 0. The molecule has 3 rings (SSSR count). The van der Waals surface area contributed by atoms with Crippen molar-refractivity contribution in [2.24, 2.45) is 0 Å². The highest BCUT2D eigenvalue weighted by molar-refractivity contribution is 9.10. The monoisotopic (exact) mass is 389 g/mol. The molecule has 6 nitrogen and oxygen atoms in total. The van der Waals surface area contributed by atoms with Crippen LogP contribution in [0.5, 0.6) is 5.88 Å². The first-order valence-corrected chi connectivity index (χ1v) is 9.22. The van der Waals surface area contributed by atoms with Crippen LogP contribution in [-0.4, -0.2) is 40.7 Å². The summed E-state index contributed by atoms with van der Waals surface area (Å²) in [5.41, 5.74) is 0. The molecular weight excluding hydrogens is 378 g/mol. The topological polar surface area (TPSA) is 72.4 Å². The zero-order chi connectivity index (χ0) is 14.9. The van der Waals surface area contributed by atoms with Gasteiger partial charge in [-0.25, -0.2) is 8.42 Å². The van der Waals surface area contributed by atoms with Crippen LogP contribution in [-0.2, 0) is 10.0 Å². The third kappa shape index (κ3) is 3.10. The van der Waals surface area contributed by atoms with Crippen molar-refractivity contribution >= 4 is 37.7 Å². The van der Waals surface area contributed by atoms with E-state index in [4.69, 9.17) is 4.74 Å². The molecular formula is C12H12BrN3O3S2. The van der Waals surface area contributed by atoms with Crippen molar-refractivity contribution < 1.29 is 13.2 Å². The van der Waals surface area contributed by atoms with E-state index < -0.39 is 10.0 Å². The van der Waals surface area contributed by atoms with Gasteiger partial charge in [-0.3, -0.25) is 0 Å². The predicted molar refractivity (Wildman–Crippen MR) is 81.8 cm³/mol. The summed E-state index contributed by atoms with van der Waals surface area (Å²) in [6, 6.07) is 6.81. The van der Waals surface area contributed by atoms with Crippen LogP contribution in [0.3, 0.4) is 0 Å². The minimum atomic E-state index is -3.51. The molecule has 0 aliphatic carbocycles. The molecule has 9 heteroatoms. The molecule has 1 aromatic heterocycles. The summed E-state index contributed by atoms with van der Waals surface area (Å²) in [4.78, 5) is 0.279. The molecule has 21 heavy (non-hydrogen) atoms. The molecule has 2 aromatic rings. The van der Waals surface area contributed by atoms with E-state index in [0.717, 1.165) is 11.7 Å². The molecule has 1 atom stereocenters. The van der Waals surface area contributed by atoms with Gasteiger partial charge in [0.1, 0.15) is 12.3 Å². The van der Waals surface area contributed by atoms with Crippen molar-refractivity contribution in [3.63, 3.8) is 0 Å². The van der Waals surface area contributed by atoms with E-state index >= 15 is 0 Å². The Morgan fingerprint density at radius 3 is 2.90 bits per heavy atom. The Balaban J connectivity index is 1.75. The van der Waals surface area contributed by atoms with Gasteiger partial charge in [0.25, 0.3) is 0 Å². The van der Waals surface area contributed by atoms with Crippen LogP contribution in [0, 0.1) is 0 Å². The van der Waals surface area contributed by atoms with Gasteiger partial charge in [-0.1, -0.05) is 12.1 Å². The molecule has 2 heterocycles. The highest BCUT2D eigenvalue weighted by atomic mass is 79.9. The average Bonchev–Trinajstić information content (AvgIpc) is 3.11. The zero-order valence-electron chi connectivity index (χ0n) is 10.8. The molecule has 1 fully saturated rings. The molecule has 1 aromatic carbocycles. The van der Waals surface area contributed by atoms with Crippen LogP contribution in [0.25, 0.3) is 0 Å². The van der Waals surface area contributed by atoms with Crippen LogP contribution < -0.4 is 4.74 Å². The Labute approximate surface area is 135 Å². The minimum absolute atomic E-state index is 0.189. The maximum absolute atomic E-state index is 12.6. The van der Waals surface area contributed by atoms with Crippen LogP contribution in [0.2, 0.25) is 0 Å². The van der Waals surface area contributed by atoms with Crippen molar-refractivity contribution in [2.45, 2.75) is 17.4 Å². The normalized spacial score (nSPS) is 19.8. The first-order chi connectivity index (χ1) is 10.1. The van der Waals surface area contributed by atoms with Crippen molar-refractivity contribution in [1.29, 1.82) is 0 Å². The van der Waals surface area contributed by atoms with Crippen molar-refractivity contribution in [3.05, 3.63) is 34.9 Å². The van der Waals surface area contributed by atoms with Crippen LogP contribution in [0.1, 0.15) is 6.42 Å². The van der Waals surface area contributed by atoms with Gasteiger partial charge in [0.2, 0.25) is 15.9 Å². The molecule has 0 N–H and O–H groups in total. The lowest BCUT2D eigenvalue weighted by Gasteiger charge is -2.17. The van der Waals surface area contributed by atoms with Gasteiger partial charge >= 0.3 is 0 Å². The Kier molecular flexibility index (Phi) is 4.25. The number of ether oxygens (including phenoxy) is 1. The Morgan fingerprint density at radius 1 is 1.38 bits per heavy atom. The Morgan fingerprint density at radius 2 is 2.19 bits per heavy atom. The molecule has 1 saturated heterocycles. The van der Waals surface area contributed by atoms with Gasteiger partial charge in [0.05, 0.1) is 23.2 Å². The molecule has 0 saturated carbocycles. The van der Waals surface area contributed by atoms with Gasteiger partial charge < -0.3 is 4.74 Å². The lowest BCUT2D eigenvalue weighted by Crippen LogP contribution is -2.31. The summed E-state index contributed by atoms with van der Waals surface area (Å²) in [6.07, 6.45) is 1.99. The fourth-order valence-electron chi connectivity index (χ4n) is 2.18. The summed E-state index contributed by atoms with van der Waals surface area (Å²) >= 11 is 4.35. The summed E-state index contributed by atoms with van der Waals surface area (Å²) in [5.74, 6) is 0.449. The van der Waals surface area contributed by atoms with E-state index in [0.29, 0.717) is 29.9 Å². The fourth-order valence-corrected chi connectivity index (χ4v) is 4.99. The SMILES string of the molecule is O=S(=O)(c1ccccc1Br)N1CCC(Oc2cnsn2)C1. The van der Waals surface area contributed by atoms with E-state index in [1.54, 1.807) is 24.3 Å². The molecule has 1 aliphatic heterocycles. The van der Waals surface area contributed by atoms with Crippen molar-refractivity contribution in [1.82, 2.24) is 13.1 Å². The number of halogens is 1. The molecule has 112 valence electrons. The molecule has 0 amide bonds. The lowest BCUT2D eigenvalue weighted by molar-refractivity contribution is 0.208. The maximum atomic E-state index is 12.6. The predicted octanol–water partition coefficient (Wildman–Crippen LogP) is 2.14. The third-order valence-electron chi connectivity index (χ3n) is 3.19. The second-order valence-corrected chi connectivity index (χ2v) is 7.89. The lowest BCUT2D eigenvalue weighted by atomic mass is 10.3. The molecule has 0 bridgehead atoms.